The first-order valence-electron chi connectivity index (χ1n) is 11.9. The fraction of sp³-hybridized carbons (Fsp3) is 0.214. The number of hydrogen-bond donors (Lipinski definition) is 0. The summed E-state index contributed by atoms with van der Waals surface area (Å²) in [5.41, 5.74) is 0.218. The number of ketones is 1. The molecule has 3 rings (SSSR count). The smallest absolute Gasteiger partial charge is 0.348 e. The Labute approximate surface area is 243 Å². The Balaban J connectivity index is 1.94. The minimum atomic E-state index is -0.693. The van der Waals surface area contributed by atoms with Gasteiger partial charge in [-0.1, -0.05) is 29.4 Å². The summed E-state index contributed by atoms with van der Waals surface area (Å²) < 4.78 is 10.2. The summed E-state index contributed by atoms with van der Waals surface area (Å²) in [6, 6.07) is 13.0. The molecule has 0 aliphatic heterocycles. The van der Waals surface area contributed by atoms with Gasteiger partial charge in [0.25, 0.3) is 5.69 Å². The molecule has 0 N–H and O–H groups in total. The lowest BCUT2D eigenvalue weighted by atomic mass is 10.0. The van der Waals surface area contributed by atoms with Gasteiger partial charge < -0.3 is 9.47 Å². The Morgan fingerprint density at radius 1 is 1.10 bits per heavy atom. The topological polar surface area (TPSA) is 137 Å². The monoisotopic (exact) mass is 598 g/mol. The molecule has 0 atom stereocenters. The van der Waals surface area contributed by atoms with Crippen LogP contribution in [0.15, 0.2) is 57.8 Å². The normalized spacial score (nSPS) is 11.0. The molecule has 9 nitrogen and oxygen atoms in total. The van der Waals surface area contributed by atoms with Crippen molar-refractivity contribution in [2.24, 2.45) is 0 Å². The molecule has 40 heavy (non-hydrogen) atoms. The average Bonchev–Trinajstić information content (AvgIpc) is 3.24. The number of ether oxygens (including phenoxy) is 2. The zero-order chi connectivity index (χ0) is 29.4. The molecule has 2 aromatic carbocycles. The molecule has 0 saturated heterocycles. The Kier molecular flexibility index (Phi) is 10.6. The number of nitriles is 1. The molecule has 206 valence electrons. The van der Waals surface area contributed by atoms with Gasteiger partial charge in [-0.15, -0.1) is 11.3 Å². The molecule has 0 bridgehead atoms. The molecule has 0 spiro atoms. The van der Waals surface area contributed by atoms with Gasteiger partial charge in [0.1, 0.15) is 10.9 Å². The highest BCUT2D eigenvalue weighted by Crippen LogP contribution is 2.36. The van der Waals surface area contributed by atoms with Crippen molar-refractivity contribution >= 4 is 64.2 Å². The number of benzene rings is 2. The van der Waals surface area contributed by atoms with E-state index in [0.29, 0.717) is 15.5 Å². The lowest BCUT2D eigenvalue weighted by molar-refractivity contribution is -0.387. The maximum absolute atomic E-state index is 13.2. The van der Waals surface area contributed by atoms with Crippen LogP contribution in [0, 0.1) is 28.4 Å². The third kappa shape index (κ3) is 7.35. The fourth-order valence-corrected chi connectivity index (χ4v) is 5.84. The van der Waals surface area contributed by atoms with Crippen LogP contribution in [0.2, 0.25) is 5.02 Å². The van der Waals surface area contributed by atoms with E-state index in [2.05, 4.69) is 0 Å². The Morgan fingerprint density at radius 3 is 2.35 bits per heavy atom. The Bertz CT molecular complexity index is 1540. The molecule has 0 unspecified atom stereocenters. The van der Waals surface area contributed by atoms with Crippen molar-refractivity contribution in [2.45, 2.75) is 37.0 Å². The summed E-state index contributed by atoms with van der Waals surface area (Å²) in [5, 5.41) is 22.0. The largest absolute Gasteiger partial charge is 0.462 e. The van der Waals surface area contributed by atoms with Gasteiger partial charge in [-0.3, -0.25) is 14.9 Å². The predicted molar refractivity (Wildman–Crippen MR) is 152 cm³/mol. The van der Waals surface area contributed by atoms with Crippen molar-refractivity contribution in [3.05, 3.63) is 89.6 Å². The van der Waals surface area contributed by atoms with E-state index in [1.54, 1.807) is 51.1 Å². The number of thiophene rings is 1. The van der Waals surface area contributed by atoms with Crippen molar-refractivity contribution in [1.82, 2.24) is 0 Å². The van der Waals surface area contributed by atoms with Gasteiger partial charge in [0.2, 0.25) is 0 Å². The number of Topliss-reactive ketones (excluding diaryl/α,β-unsaturated/α-hetero) is 1. The second kappa shape index (κ2) is 13.9. The van der Waals surface area contributed by atoms with Gasteiger partial charge in [0.15, 0.2) is 5.78 Å². The maximum atomic E-state index is 13.2. The van der Waals surface area contributed by atoms with Gasteiger partial charge in [-0.25, -0.2) is 9.59 Å². The Hall–Kier alpha value is -3.98. The van der Waals surface area contributed by atoms with Gasteiger partial charge in [0.05, 0.1) is 34.2 Å². The van der Waals surface area contributed by atoms with Crippen LogP contribution in [0.5, 0.6) is 0 Å². The summed E-state index contributed by atoms with van der Waals surface area (Å²) >= 11 is 8.01. The predicted octanol–water partition coefficient (Wildman–Crippen LogP) is 6.84. The van der Waals surface area contributed by atoms with E-state index >= 15 is 0 Å². The number of esters is 2. The van der Waals surface area contributed by atoms with Crippen LogP contribution >= 0.6 is 34.7 Å². The molecule has 0 saturated carbocycles. The van der Waals surface area contributed by atoms with Crippen LogP contribution in [0.1, 0.15) is 49.9 Å². The molecule has 0 aliphatic carbocycles. The standard InChI is InChI=1S/C28H23ClN2O7S2/c1-4-37-27(33)25-16(3)26(28(34)38-5-2)40-24(25)14-22(32)18(15-30)12-17-6-11-23(21(13-17)31(35)36)39-20-9-7-19(29)8-10-20/h6-13H,4-5,14H2,1-3H3/b18-12-. The highest BCUT2D eigenvalue weighted by molar-refractivity contribution is 7.99. The zero-order valence-corrected chi connectivity index (χ0v) is 24.1. The quantitative estimate of drug-likeness (QED) is 0.0763. The van der Waals surface area contributed by atoms with Crippen molar-refractivity contribution in [3.63, 3.8) is 0 Å². The number of hydrogen-bond acceptors (Lipinski definition) is 10. The lowest BCUT2D eigenvalue weighted by Gasteiger charge is -2.06. The second-order valence-corrected chi connectivity index (χ2v) is 10.8. The van der Waals surface area contributed by atoms with E-state index in [-0.39, 0.29) is 51.8 Å². The fourth-order valence-electron chi connectivity index (χ4n) is 3.63. The number of nitro benzene ring substituents is 1. The molecule has 12 heteroatoms. The van der Waals surface area contributed by atoms with E-state index in [1.807, 2.05) is 6.07 Å². The van der Waals surface area contributed by atoms with Crippen molar-refractivity contribution in [2.75, 3.05) is 13.2 Å². The van der Waals surface area contributed by atoms with E-state index in [9.17, 15) is 29.8 Å². The first kappa shape index (κ1) is 30.6. The summed E-state index contributed by atoms with van der Waals surface area (Å²) in [5.74, 6) is -1.96. The maximum Gasteiger partial charge on any atom is 0.348 e. The molecule has 0 radical (unpaired) electrons. The van der Waals surface area contributed by atoms with Crippen molar-refractivity contribution < 1.29 is 28.8 Å². The number of nitro groups is 1. The first-order valence-corrected chi connectivity index (χ1v) is 13.9. The van der Waals surface area contributed by atoms with Crippen LogP contribution < -0.4 is 0 Å². The van der Waals surface area contributed by atoms with E-state index in [4.69, 9.17) is 21.1 Å². The van der Waals surface area contributed by atoms with Crippen LogP contribution in [0.4, 0.5) is 5.69 Å². The van der Waals surface area contributed by atoms with Crippen LogP contribution in [-0.2, 0) is 20.7 Å². The number of rotatable bonds is 11. The Morgan fingerprint density at radius 2 is 1.75 bits per heavy atom. The van der Waals surface area contributed by atoms with Gasteiger partial charge in [-0.2, -0.15) is 5.26 Å². The average molecular weight is 599 g/mol. The summed E-state index contributed by atoms with van der Waals surface area (Å²) in [6.07, 6.45) is 0.897. The van der Waals surface area contributed by atoms with Crippen molar-refractivity contribution in [1.29, 1.82) is 5.26 Å². The van der Waals surface area contributed by atoms with Crippen molar-refractivity contribution in [3.8, 4) is 6.07 Å². The molecule has 0 amide bonds. The third-order valence-electron chi connectivity index (χ3n) is 5.43. The van der Waals surface area contributed by atoms with Gasteiger partial charge >= 0.3 is 11.9 Å². The molecular weight excluding hydrogens is 576 g/mol. The van der Waals surface area contributed by atoms with Crippen LogP contribution in [0.3, 0.4) is 0 Å². The first-order chi connectivity index (χ1) is 19.1. The van der Waals surface area contributed by atoms with E-state index in [0.717, 1.165) is 16.2 Å². The molecule has 1 aromatic heterocycles. The zero-order valence-electron chi connectivity index (χ0n) is 21.7. The molecule has 1 heterocycles. The summed E-state index contributed by atoms with van der Waals surface area (Å²) in [4.78, 5) is 51.0. The second-order valence-electron chi connectivity index (χ2n) is 8.11. The van der Waals surface area contributed by atoms with Crippen LogP contribution in [0.25, 0.3) is 6.08 Å². The van der Waals surface area contributed by atoms with Crippen LogP contribution in [-0.4, -0.2) is 35.9 Å². The summed E-state index contributed by atoms with van der Waals surface area (Å²) in [7, 11) is 0. The number of carbonyl (C=O) groups excluding carboxylic acids is 3. The highest BCUT2D eigenvalue weighted by atomic mass is 35.5. The molecule has 0 fully saturated rings. The summed E-state index contributed by atoms with van der Waals surface area (Å²) in [6.45, 7) is 5.06. The van der Waals surface area contributed by atoms with E-state index in [1.165, 1.54) is 30.0 Å². The minimum absolute atomic E-state index is 0.0831. The highest BCUT2D eigenvalue weighted by Gasteiger charge is 2.28. The van der Waals surface area contributed by atoms with Gasteiger partial charge in [0, 0.05) is 27.3 Å². The number of nitrogens with zero attached hydrogens (tertiary/aromatic N) is 2. The SMILES string of the molecule is CCOC(=O)c1sc(CC(=O)/C(C#N)=C\c2ccc(Sc3ccc(Cl)cc3)c([N+](=O)[O-])c2)c(C(=O)OCC)c1C. The number of allylic oxidation sites excluding steroid dienone is 1. The molecular formula is C28H23ClN2O7S2. The number of carbonyl (C=O) groups is 3. The lowest BCUT2D eigenvalue weighted by Crippen LogP contribution is -2.12. The van der Waals surface area contributed by atoms with Gasteiger partial charge in [-0.05, 0) is 68.3 Å². The minimum Gasteiger partial charge on any atom is -0.462 e. The molecule has 0 aliphatic rings. The molecule has 3 aromatic rings. The van der Waals surface area contributed by atoms with E-state index < -0.39 is 22.6 Å². The number of halogens is 1. The third-order valence-corrected chi connectivity index (χ3v) is 8.03.